The third-order valence-electron chi connectivity index (χ3n) is 4.13. The Kier molecular flexibility index (Phi) is 5.00. The van der Waals surface area contributed by atoms with Gasteiger partial charge in [0.25, 0.3) is 5.56 Å². The van der Waals surface area contributed by atoms with Gasteiger partial charge in [-0.1, -0.05) is 6.92 Å². The van der Waals surface area contributed by atoms with Crippen LogP contribution >= 0.6 is 0 Å². The number of carbonyl (C=O) groups excluding carboxylic acids is 2. The second-order valence-corrected chi connectivity index (χ2v) is 6.02. The fraction of sp³-hybridized carbons (Fsp3) is 0.562. The number of amides is 2. The molecule has 6 heteroatoms. The number of hydrogen-bond acceptors (Lipinski definition) is 3. The number of aromatic nitrogens is 1. The van der Waals surface area contributed by atoms with E-state index in [1.807, 2.05) is 4.90 Å². The highest BCUT2D eigenvalue weighted by Crippen LogP contribution is 2.16. The minimum atomic E-state index is -0.339. The van der Waals surface area contributed by atoms with Crippen LogP contribution in [0.4, 0.5) is 5.69 Å². The molecule has 1 fully saturated rings. The Morgan fingerprint density at radius 3 is 2.50 bits per heavy atom. The molecule has 0 spiro atoms. The summed E-state index contributed by atoms with van der Waals surface area (Å²) in [5, 5.41) is 2.50. The van der Waals surface area contributed by atoms with E-state index in [9.17, 15) is 14.4 Å². The summed E-state index contributed by atoms with van der Waals surface area (Å²) in [4.78, 5) is 37.7. The maximum Gasteiger partial charge on any atom is 0.274 e. The average Bonchev–Trinajstić information content (AvgIpc) is 2.46. The zero-order chi connectivity index (χ0) is 16.3. The predicted octanol–water partition coefficient (Wildman–Crippen LogP) is 1.37. The summed E-state index contributed by atoms with van der Waals surface area (Å²) in [5.74, 6) is 0.303. The summed E-state index contributed by atoms with van der Waals surface area (Å²) in [6.45, 7) is 6.84. The van der Waals surface area contributed by atoms with E-state index in [-0.39, 0.29) is 29.6 Å². The minimum absolute atomic E-state index is 0.0203. The molecule has 2 rings (SSSR count). The van der Waals surface area contributed by atoms with E-state index in [1.165, 1.54) is 11.5 Å². The van der Waals surface area contributed by atoms with Crippen molar-refractivity contribution in [1.82, 2.24) is 9.47 Å². The zero-order valence-electron chi connectivity index (χ0n) is 13.4. The van der Waals surface area contributed by atoms with Crippen LogP contribution in [-0.2, 0) is 16.1 Å². The zero-order valence-corrected chi connectivity index (χ0v) is 13.4. The molecule has 1 aliphatic heterocycles. The third-order valence-corrected chi connectivity index (χ3v) is 4.13. The number of piperidine rings is 1. The topological polar surface area (TPSA) is 71.4 Å². The third kappa shape index (κ3) is 3.75. The van der Waals surface area contributed by atoms with Crippen LogP contribution in [-0.4, -0.2) is 34.4 Å². The molecular weight excluding hydrogens is 282 g/mol. The second-order valence-electron chi connectivity index (χ2n) is 6.02. The highest BCUT2D eigenvalue weighted by molar-refractivity contribution is 5.88. The molecule has 1 saturated heterocycles. The van der Waals surface area contributed by atoms with Gasteiger partial charge < -0.3 is 14.8 Å². The minimum Gasteiger partial charge on any atom is -0.341 e. The number of aryl methyl sites for hydroxylation is 1. The average molecular weight is 305 g/mol. The van der Waals surface area contributed by atoms with Gasteiger partial charge in [0, 0.05) is 25.7 Å². The summed E-state index contributed by atoms with van der Waals surface area (Å²) in [5.41, 5.74) is 0.574. The van der Waals surface area contributed by atoms with Crippen LogP contribution < -0.4 is 10.9 Å². The van der Waals surface area contributed by atoms with Gasteiger partial charge in [0.1, 0.15) is 12.2 Å². The molecule has 22 heavy (non-hydrogen) atoms. The molecule has 2 heterocycles. The van der Waals surface area contributed by atoms with Gasteiger partial charge >= 0.3 is 0 Å². The van der Waals surface area contributed by atoms with Crippen molar-refractivity contribution in [2.24, 2.45) is 5.92 Å². The van der Waals surface area contributed by atoms with Crippen molar-refractivity contribution < 1.29 is 9.59 Å². The summed E-state index contributed by atoms with van der Waals surface area (Å²) >= 11 is 0. The van der Waals surface area contributed by atoms with Gasteiger partial charge in [-0.3, -0.25) is 14.4 Å². The Morgan fingerprint density at radius 2 is 1.91 bits per heavy atom. The number of pyridine rings is 1. The van der Waals surface area contributed by atoms with Gasteiger partial charge in [-0.2, -0.15) is 0 Å². The van der Waals surface area contributed by atoms with Crippen molar-refractivity contribution in [2.45, 2.75) is 40.2 Å². The van der Waals surface area contributed by atoms with Crippen LogP contribution in [0, 0.1) is 12.8 Å². The Balaban J connectivity index is 2.16. The van der Waals surface area contributed by atoms with Gasteiger partial charge in [-0.15, -0.1) is 0 Å². The molecule has 1 aromatic rings. The maximum absolute atomic E-state index is 12.4. The van der Waals surface area contributed by atoms with Crippen LogP contribution in [0.3, 0.4) is 0 Å². The van der Waals surface area contributed by atoms with E-state index in [4.69, 9.17) is 0 Å². The van der Waals surface area contributed by atoms with E-state index in [0.29, 0.717) is 11.6 Å². The van der Waals surface area contributed by atoms with Crippen LogP contribution in [0.25, 0.3) is 0 Å². The van der Waals surface area contributed by atoms with Crippen molar-refractivity contribution in [3.8, 4) is 0 Å². The molecule has 120 valence electrons. The SMILES string of the molecule is CC(=O)Nc1ccc(C)n(CC(=O)N2CCC(C)CC2)c1=O. The molecule has 0 bridgehead atoms. The Labute approximate surface area is 130 Å². The molecular formula is C16H23N3O3. The van der Waals surface area contributed by atoms with E-state index in [2.05, 4.69) is 12.2 Å². The number of rotatable bonds is 3. The van der Waals surface area contributed by atoms with Crippen molar-refractivity contribution >= 4 is 17.5 Å². The molecule has 0 aromatic carbocycles. The fourth-order valence-corrected chi connectivity index (χ4v) is 2.65. The van der Waals surface area contributed by atoms with Crippen molar-refractivity contribution in [3.05, 3.63) is 28.2 Å². The lowest BCUT2D eigenvalue weighted by molar-refractivity contribution is -0.133. The first-order valence-electron chi connectivity index (χ1n) is 7.64. The Hall–Kier alpha value is -2.11. The number of carbonyl (C=O) groups is 2. The van der Waals surface area contributed by atoms with Crippen molar-refractivity contribution in [2.75, 3.05) is 18.4 Å². The molecule has 6 nitrogen and oxygen atoms in total. The van der Waals surface area contributed by atoms with Gasteiger partial charge in [0.15, 0.2) is 0 Å². The molecule has 0 radical (unpaired) electrons. The second kappa shape index (κ2) is 6.77. The van der Waals surface area contributed by atoms with E-state index in [0.717, 1.165) is 25.9 Å². The largest absolute Gasteiger partial charge is 0.341 e. The molecule has 0 atom stereocenters. The number of nitrogens with one attached hydrogen (secondary N) is 1. The smallest absolute Gasteiger partial charge is 0.274 e. The van der Waals surface area contributed by atoms with Crippen molar-refractivity contribution in [3.63, 3.8) is 0 Å². The number of hydrogen-bond donors (Lipinski definition) is 1. The van der Waals surface area contributed by atoms with E-state index < -0.39 is 0 Å². The summed E-state index contributed by atoms with van der Waals surface area (Å²) in [6, 6.07) is 3.31. The van der Waals surface area contributed by atoms with Crippen LogP contribution in [0.15, 0.2) is 16.9 Å². The first-order valence-corrected chi connectivity index (χ1v) is 7.64. The lowest BCUT2D eigenvalue weighted by Gasteiger charge is -2.30. The highest BCUT2D eigenvalue weighted by Gasteiger charge is 2.21. The fourth-order valence-electron chi connectivity index (χ4n) is 2.65. The molecule has 1 N–H and O–H groups in total. The summed E-state index contributed by atoms with van der Waals surface area (Å²) in [6.07, 6.45) is 2.01. The lowest BCUT2D eigenvalue weighted by atomic mass is 9.99. The number of nitrogens with zero attached hydrogens (tertiary/aromatic N) is 2. The predicted molar refractivity (Wildman–Crippen MR) is 84.7 cm³/mol. The molecule has 0 aliphatic carbocycles. The Morgan fingerprint density at radius 1 is 1.27 bits per heavy atom. The first kappa shape index (κ1) is 16.3. The summed E-state index contributed by atoms with van der Waals surface area (Å²) in [7, 11) is 0. The standard InChI is InChI=1S/C16H23N3O3/c1-11-6-8-18(9-7-11)15(21)10-19-12(2)4-5-14(16(19)22)17-13(3)20/h4-5,11H,6-10H2,1-3H3,(H,17,20). The van der Waals surface area contributed by atoms with Gasteiger partial charge in [-0.05, 0) is 37.8 Å². The van der Waals surface area contributed by atoms with Crippen molar-refractivity contribution in [1.29, 1.82) is 0 Å². The first-order chi connectivity index (χ1) is 10.4. The molecule has 2 amide bonds. The quantitative estimate of drug-likeness (QED) is 0.917. The maximum atomic E-state index is 12.4. The molecule has 0 unspecified atom stereocenters. The number of likely N-dealkylation sites (tertiary alicyclic amines) is 1. The lowest BCUT2D eigenvalue weighted by Crippen LogP contribution is -2.41. The van der Waals surface area contributed by atoms with Crippen LogP contribution in [0.1, 0.15) is 32.4 Å². The molecule has 1 aliphatic rings. The molecule has 1 aromatic heterocycles. The molecule has 0 saturated carbocycles. The van der Waals surface area contributed by atoms with Crippen LogP contribution in [0.5, 0.6) is 0 Å². The Bertz CT molecular complexity index is 628. The normalized spacial score (nSPS) is 15.7. The van der Waals surface area contributed by atoms with E-state index in [1.54, 1.807) is 19.1 Å². The number of anilines is 1. The summed E-state index contributed by atoms with van der Waals surface area (Å²) < 4.78 is 1.42. The van der Waals surface area contributed by atoms with Gasteiger partial charge in [-0.25, -0.2) is 0 Å². The van der Waals surface area contributed by atoms with Gasteiger partial charge in [0.2, 0.25) is 11.8 Å². The van der Waals surface area contributed by atoms with Gasteiger partial charge in [0.05, 0.1) is 0 Å². The van der Waals surface area contributed by atoms with Crippen LogP contribution in [0.2, 0.25) is 0 Å². The monoisotopic (exact) mass is 305 g/mol. The highest BCUT2D eigenvalue weighted by atomic mass is 16.2. The van der Waals surface area contributed by atoms with E-state index >= 15 is 0 Å².